The first-order chi connectivity index (χ1) is 20.0. The normalized spacial score (nSPS) is 15.5. The molecule has 0 radical (unpaired) electrons. The number of anilines is 2. The highest BCUT2D eigenvalue weighted by Crippen LogP contribution is 2.31. The van der Waals surface area contributed by atoms with Crippen LogP contribution in [0.3, 0.4) is 0 Å². The number of rotatable bonds is 7. The molecule has 1 aliphatic rings. The van der Waals surface area contributed by atoms with Gasteiger partial charge in [-0.15, -0.1) is 0 Å². The van der Waals surface area contributed by atoms with Crippen molar-refractivity contribution >= 4 is 43.0 Å². The Kier molecular flexibility index (Phi) is 9.33. The molecule has 1 fully saturated rings. The molecule has 4 rings (SSSR count). The number of aryl methyl sites for hydroxylation is 1. The van der Waals surface area contributed by atoms with Crippen LogP contribution in [0.1, 0.15) is 42.3 Å². The fraction of sp³-hybridized carbons (Fsp3) is 0.355. The van der Waals surface area contributed by atoms with Crippen molar-refractivity contribution in [1.29, 1.82) is 0 Å². The van der Waals surface area contributed by atoms with Crippen LogP contribution in [0, 0.1) is 6.92 Å². The molecule has 12 heteroatoms. The van der Waals surface area contributed by atoms with Crippen LogP contribution in [0.4, 0.5) is 16.2 Å². The number of carbonyl (C=O) groups excluding carboxylic acids is 2. The summed E-state index contributed by atoms with van der Waals surface area (Å²) in [5, 5.41) is 5.47. The predicted molar refractivity (Wildman–Crippen MR) is 168 cm³/mol. The second kappa shape index (κ2) is 12.5. The predicted octanol–water partition coefficient (Wildman–Crippen LogP) is 4.90. The Labute approximate surface area is 253 Å². The van der Waals surface area contributed by atoms with Gasteiger partial charge in [-0.25, -0.2) is 21.6 Å². The molecule has 0 saturated carbocycles. The molecule has 2 N–H and O–H groups in total. The SMILES string of the molecule is Cc1ccc(NC(=O)OC(C)(C)C)cc1-c1ccc(C(=O)Nc2ccc(CN3CCS(=O)(=O)CC3)cc2)c(S(C)(=O)=O)c1. The highest BCUT2D eigenvalue weighted by molar-refractivity contribution is 7.91. The van der Waals surface area contributed by atoms with E-state index < -0.39 is 37.3 Å². The Morgan fingerprint density at radius 2 is 1.53 bits per heavy atom. The Morgan fingerprint density at radius 1 is 0.907 bits per heavy atom. The van der Waals surface area contributed by atoms with Gasteiger partial charge >= 0.3 is 6.09 Å². The van der Waals surface area contributed by atoms with Crippen molar-refractivity contribution < 1.29 is 31.2 Å². The van der Waals surface area contributed by atoms with Gasteiger partial charge in [0.2, 0.25) is 0 Å². The van der Waals surface area contributed by atoms with Crippen LogP contribution >= 0.6 is 0 Å². The molecule has 3 aromatic rings. The standard InChI is InChI=1S/C31H37N3O7S2/c1-21-6-10-25(33-30(36)41-31(2,3)4)19-27(21)23-9-13-26(28(18-23)42(5,37)38)29(35)32-24-11-7-22(8-12-24)20-34-14-16-43(39,40)17-15-34/h6-13,18-19H,14-17,20H2,1-5H3,(H,32,35)(H,33,36). The summed E-state index contributed by atoms with van der Waals surface area (Å²) in [5.41, 5.74) is 3.38. The second-order valence-corrected chi connectivity index (χ2v) is 16.0. The average Bonchev–Trinajstić information content (AvgIpc) is 2.90. The lowest BCUT2D eigenvalue weighted by Gasteiger charge is -2.26. The molecular formula is C31H37N3O7S2. The molecule has 230 valence electrons. The van der Waals surface area contributed by atoms with Gasteiger partial charge in [0, 0.05) is 37.3 Å². The number of sulfone groups is 2. The van der Waals surface area contributed by atoms with Gasteiger partial charge in [-0.3, -0.25) is 15.0 Å². The smallest absolute Gasteiger partial charge is 0.412 e. The molecule has 43 heavy (non-hydrogen) atoms. The third-order valence-electron chi connectivity index (χ3n) is 6.87. The van der Waals surface area contributed by atoms with Gasteiger partial charge in [-0.2, -0.15) is 0 Å². The first kappa shape index (κ1) is 32.2. The van der Waals surface area contributed by atoms with E-state index in [1.54, 1.807) is 57.2 Å². The molecule has 10 nitrogen and oxygen atoms in total. The van der Waals surface area contributed by atoms with Gasteiger partial charge < -0.3 is 10.1 Å². The van der Waals surface area contributed by atoms with Crippen LogP contribution in [0.25, 0.3) is 11.1 Å². The number of nitrogens with zero attached hydrogens (tertiary/aromatic N) is 1. The van der Waals surface area contributed by atoms with Crippen LogP contribution in [0.5, 0.6) is 0 Å². The zero-order valence-electron chi connectivity index (χ0n) is 24.9. The van der Waals surface area contributed by atoms with E-state index in [0.717, 1.165) is 17.4 Å². The van der Waals surface area contributed by atoms with Gasteiger partial charge in [0.1, 0.15) is 5.60 Å². The van der Waals surface area contributed by atoms with Gasteiger partial charge in [0.05, 0.1) is 22.0 Å². The lowest BCUT2D eigenvalue weighted by Crippen LogP contribution is -2.39. The number of ether oxygens (including phenoxy) is 1. The number of hydrogen-bond donors (Lipinski definition) is 2. The van der Waals surface area contributed by atoms with Crippen LogP contribution < -0.4 is 10.6 Å². The van der Waals surface area contributed by atoms with Gasteiger partial charge in [0.15, 0.2) is 19.7 Å². The molecule has 2 amide bonds. The van der Waals surface area contributed by atoms with Crippen molar-refractivity contribution in [1.82, 2.24) is 4.90 Å². The van der Waals surface area contributed by atoms with E-state index in [0.29, 0.717) is 42.1 Å². The molecule has 0 bridgehead atoms. The molecule has 0 aromatic heterocycles. The zero-order chi connectivity index (χ0) is 31.6. The van der Waals surface area contributed by atoms with E-state index in [2.05, 4.69) is 15.5 Å². The summed E-state index contributed by atoms with van der Waals surface area (Å²) in [5.74, 6) is -0.273. The fourth-order valence-electron chi connectivity index (χ4n) is 4.67. The molecule has 0 atom stereocenters. The molecule has 3 aromatic carbocycles. The number of carbonyl (C=O) groups is 2. The first-order valence-electron chi connectivity index (χ1n) is 13.8. The van der Waals surface area contributed by atoms with Crippen molar-refractivity contribution in [3.8, 4) is 11.1 Å². The number of benzene rings is 3. The Morgan fingerprint density at radius 3 is 2.14 bits per heavy atom. The van der Waals surface area contributed by atoms with E-state index >= 15 is 0 Å². The highest BCUT2D eigenvalue weighted by Gasteiger charge is 2.23. The maximum Gasteiger partial charge on any atom is 0.412 e. The highest BCUT2D eigenvalue weighted by atomic mass is 32.2. The molecule has 1 heterocycles. The van der Waals surface area contributed by atoms with Crippen molar-refractivity contribution in [2.75, 3.05) is 41.5 Å². The second-order valence-electron chi connectivity index (χ2n) is 11.7. The van der Waals surface area contributed by atoms with Crippen LogP contribution in [0.2, 0.25) is 0 Å². The zero-order valence-corrected chi connectivity index (χ0v) is 26.6. The molecular weight excluding hydrogens is 590 g/mol. The molecule has 0 aliphatic carbocycles. The Hall–Kier alpha value is -3.74. The van der Waals surface area contributed by atoms with Crippen molar-refractivity contribution in [2.45, 2.75) is 44.7 Å². The van der Waals surface area contributed by atoms with E-state index in [9.17, 15) is 26.4 Å². The van der Waals surface area contributed by atoms with Crippen LogP contribution in [-0.4, -0.2) is 70.2 Å². The lowest BCUT2D eigenvalue weighted by atomic mass is 9.98. The maximum absolute atomic E-state index is 13.2. The van der Waals surface area contributed by atoms with Crippen LogP contribution in [0.15, 0.2) is 65.6 Å². The fourth-order valence-corrected chi connectivity index (χ4v) is 6.85. The molecule has 1 aliphatic heterocycles. The van der Waals surface area contributed by atoms with Crippen molar-refractivity contribution in [3.63, 3.8) is 0 Å². The number of nitrogens with one attached hydrogen (secondary N) is 2. The average molecular weight is 628 g/mol. The minimum atomic E-state index is -3.79. The minimum absolute atomic E-state index is 0.00513. The molecule has 0 unspecified atom stereocenters. The number of hydrogen-bond acceptors (Lipinski definition) is 8. The molecule has 0 spiro atoms. The monoisotopic (exact) mass is 627 g/mol. The Bertz CT molecular complexity index is 1730. The van der Waals surface area contributed by atoms with E-state index in [4.69, 9.17) is 4.74 Å². The van der Waals surface area contributed by atoms with Gasteiger partial charge in [-0.05, 0) is 86.3 Å². The quantitative estimate of drug-likeness (QED) is 0.377. The largest absolute Gasteiger partial charge is 0.444 e. The van der Waals surface area contributed by atoms with E-state index in [-0.39, 0.29) is 22.0 Å². The Balaban J connectivity index is 1.52. The maximum atomic E-state index is 13.2. The minimum Gasteiger partial charge on any atom is -0.444 e. The third kappa shape index (κ3) is 8.88. The topological polar surface area (TPSA) is 139 Å². The van der Waals surface area contributed by atoms with Crippen molar-refractivity contribution in [3.05, 3.63) is 77.4 Å². The summed E-state index contributed by atoms with van der Waals surface area (Å²) in [4.78, 5) is 27.5. The lowest BCUT2D eigenvalue weighted by molar-refractivity contribution is 0.0635. The first-order valence-corrected chi connectivity index (χ1v) is 17.5. The van der Waals surface area contributed by atoms with Gasteiger partial charge in [-0.1, -0.05) is 24.3 Å². The summed E-state index contributed by atoms with van der Waals surface area (Å²) in [6, 6.07) is 17.0. The summed E-state index contributed by atoms with van der Waals surface area (Å²) in [6.07, 6.45) is 0.442. The summed E-state index contributed by atoms with van der Waals surface area (Å²) >= 11 is 0. The van der Waals surface area contributed by atoms with E-state index in [1.807, 2.05) is 19.1 Å². The summed E-state index contributed by atoms with van der Waals surface area (Å²) < 4.78 is 54.3. The molecule has 1 saturated heterocycles. The summed E-state index contributed by atoms with van der Waals surface area (Å²) in [6.45, 7) is 8.72. The third-order valence-corrected chi connectivity index (χ3v) is 9.62. The number of amides is 2. The van der Waals surface area contributed by atoms with E-state index in [1.165, 1.54) is 12.1 Å². The summed E-state index contributed by atoms with van der Waals surface area (Å²) in [7, 11) is -6.75. The van der Waals surface area contributed by atoms with Crippen molar-refractivity contribution in [2.24, 2.45) is 0 Å². The van der Waals surface area contributed by atoms with Crippen LogP contribution in [-0.2, 0) is 31.0 Å². The van der Waals surface area contributed by atoms with Gasteiger partial charge in [0.25, 0.3) is 5.91 Å².